The summed E-state index contributed by atoms with van der Waals surface area (Å²) in [7, 11) is 0. The van der Waals surface area contributed by atoms with E-state index in [1.165, 1.54) is 11.3 Å². The zero-order valence-corrected chi connectivity index (χ0v) is 12.7. The van der Waals surface area contributed by atoms with Crippen LogP contribution in [0.5, 0.6) is 0 Å². The average Bonchev–Trinajstić information content (AvgIpc) is 2.91. The van der Waals surface area contributed by atoms with Crippen molar-refractivity contribution in [3.8, 4) is 0 Å². The van der Waals surface area contributed by atoms with E-state index >= 15 is 0 Å². The molecule has 1 amide bonds. The van der Waals surface area contributed by atoms with Crippen molar-refractivity contribution in [2.24, 2.45) is 10.9 Å². The van der Waals surface area contributed by atoms with Crippen molar-refractivity contribution < 1.29 is 10.0 Å². The molecule has 0 saturated carbocycles. The van der Waals surface area contributed by atoms with E-state index in [4.69, 9.17) is 10.9 Å². The molecule has 0 spiro atoms. The molecule has 1 aromatic heterocycles. The lowest BCUT2D eigenvalue weighted by molar-refractivity contribution is 0.0949. The van der Waals surface area contributed by atoms with E-state index in [9.17, 15) is 4.79 Å². The summed E-state index contributed by atoms with van der Waals surface area (Å²) in [6.45, 7) is 0. The molecule has 104 valence electrons. The molecule has 0 radical (unpaired) electrons. The average molecular weight is 354 g/mol. The van der Waals surface area contributed by atoms with Crippen molar-refractivity contribution >= 4 is 39.0 Å². The lowest BCUT2D eigenvalue weighted by Crippen LogP contribution is -2.37. The molecule has 0 aliphatic rings. The fourth-order valence-electron chi connectivity index (χ4n) is 1.68. The summed E-state index contributed by atoms with van der Waals surface area (Å²) in [5.41, 5.74) is 6.41. The van der Waals surface area contributed by atoms with E-state index < -0.39 is 6.04 Å². The monoisotopic (exact) mass is 353 g/mol. The number of halogens is 1. The molecular weight excluding hydrogens is 342 g/mol. The third-order valence-corrected chi connectivity index (χ3v) is 4.48. The number of nitrogens with one attached hydrogen (secondary N) is 1. The number of amidine groups is 1. The Morgan fingerprint density at radius 2 is 2.05 bits per heavy atom. The van der Waals surface area contributed by atoms with Crippen LogP contribution in [0.25, 0.3) is 0 Å². The van der Waals surface area contributed by atoms with Gasteiger partial charge in [0.05, 0.1) is 0 Å². The van der Waals surface area contributed by atoms with Gasteiger partial charge in [-0.05, 0) is 32.9 Å². The van der Waals surface area contributed by atoms with Crippen LogP contribution < -0.4 is 11.1 Å². The Bertz CT molecular complexity index is 628. The van der Waals surface area contributed by atoms with Gasteiger partial charge in [-0.25, -0.2) is 0 Å². The highest BCUT2D eigenvalue weighted by Crippen LogP contribution is 2.23. The summed E-state index contributed by atoms with van der Waals surface area (Å²) in [5.74, 6) is -0.357. The predicted molar refractivity (Wildman–Crippen MR) is 82.1 cm³/mol. The molecule has 2 rings (SSSR count). The quantitative estimate of drug-likeness (QED) is 0.341. The summed E-state index contributed by atoms with van der Waals surface area (Å²) in [5, 5.41) is 16.4. The minimum atomic E-state index is -0.678. The summed E-state index contributed by atoms with van der Waals surface area (Å²) < 4.78 is 0.714. The standard InChI is InChI=1S/C13H12BrN3O2S/c14-9-6-7-20-11(9)13(18)16-10(12(15)17-19)8-4-2-1-3-5-8/h1-7,10,19H,(H2,15,17)(H,16,18). The highest BCUT2D eigenvalue weighted by atomic mass is 79.9. The van der Waals surface area contributed by atoms with Gasteiger partial charge in [-0.1, -0.05) is 35.5 Å². The van der Waals surface area contributed by atoms with Crippen LogP contribution in [0.15, 0.2) is 51.4 Å². The first kappa shape index (κ1) is 14.5. The minimum absolute atomic E-state index is 0.0720. The Morgan fingerprint density at radius 3 is 2.60 bits per heavy atom. The zero-order valence-electron chi connectivity index (χ0n) is 10.3. The van der Waals surface area contributed by atoms with Gasteiger partial charge in [0.2, 0.25) is 0 Å². The van der Waals surface area contributed by atoms with Crippen LogP contribution in [0.2, 0.25) is 0 Å². The molecule has 1 atom stereocenters. The lowest BCUT2D eigenvalue weighted by atomic mass is 10.1. The van der Waals surface area contributed by atoms with Crippen molar-refractivity contribution in [1.82, 2.24) is 5.32 Å². The molecule has 1 unspecified atom stereocenters. The lowest BCUT2D eigenvalue weighted by Gasteiger charge is -2.17. The highest BCUT2D eigenvalue weighted by Gasteiger charge is 2.21. The molecule has 0 aliphatic heterocycles. The van der Waals surface area contributed by atoms with Crippen molar-refractivity contribution in [2.75, 3.05) is 0 Å². The smallest absolute Gasteiger partial charge is 0.263 e. The molecule has 0 saturated heterocycles. The Kier molecular flexibility index (Phi) is 4.75. The van der Waals surface area contributed by atoms with Gasteiger partial charge in [0.15, 0.2) is 5.84 Å². The normalized spacial score (nSPS) is 12.9. The van der Waals surface area contributed by atoms with Crippen LogP contribution in [0, 0.1) is 0 Å². The van der Waals surface area contributed by atoms with E-state index in [1.807, 2.05) is 18.2 Å². The Labute approximate surface area is 128 Å². The number of oxime groups is 1. The van der Waals surface area contributed by atoms with Crippen molar-refractivity contribution in [1.29, 1.82) is 0 Å². The molecule has 0 fully saturated rings. The van der Waals surface area contributed by atoms with Crippen LogP contribution in [-0.2, 0) is 0 Å². The molecule has 7 heteroatoms. The third kappa shape index (κ3) is 3.17. The van der Waals surface area contributed by atoms with E-state index in [0.717, 1.165) is 5.56 Å². The number of rotatable bonds is 4. The SMILES string of the molecule is NC(=NO)C(NC(=O)c1sccc1Br)c1ccccc1. The largest absolute Gasteiger partial charge is 0.409 e. The second-order valence-corrected chi connectivity index (χ2v) is 5.71. The maximum Gasteiger partial charge on any atom is 0.263 e. The summed E-state index contributed by atoms with van der Waals surface area (Å²) in [6, 6.07) is 10.2. The zero-order chi connectivity index (χ0) is 14.5. The molecule has 20 heavy (non-hydrogen) atoms. The van der Waals surface area contributed by atoms with Gasteiger partial charge in [0, 0.05) is 4.47 Å². The molecule has 1 heterocycles. The molecular formula is C13H12BrN3O2S. The maximum atomic E-state index is 12.2. The van der Waals surface area contributed by atoms with Gasteiger partial charge in [0.1, 0.15) is 10.9 Å². The van der Waals surface area contributed by atoms with Gasteiger partial charge in [-0.15, -0.1) is 11.3 Å². The van der Waals surface area contributed by atoms with Gasteiger partial charge >= 0.3 is 0 Å². The van der Waals surface area contributed by atoms with Gasteiger partial charge < -0.3 is 16.3 Å². The predicted octanol–water partition coefficient (Wildman–Crippen LogP) is 2.73. The fraction of sp³-hybridized carbons (Fsp3) is 0.0769. The first-order valence-corrected chi connectivity index (χ1v) is 7.37. The summed E-state index contributed by atoms with van der Waals surface area (Å²) >= 11 is 4.62. The molecule has 1 aromatic carbocycles. The topological polar surface area (TPSA) is 87.7 Å². The van der Waals surface area contributed by atoms with Crippen molar-refractivity contribution in [3.05, 3.63) is 56.7 Å². The number of nitrogens with zero attached hydrogens (tertiary/aromatic N) is 1. The molecule has 4 N–H and O–H groups in total. The van der Waals surface area contributed by atoms with Crippen molar-refractivity contribution in [2.45, 2.75) is 6.04 Å². The maximum absolute atomic E-state index is 12.2. The fourth-order valence-corrected chi connectivity index (χ4v) is 3.14. The van der Waals surface area contributed by atoms with Gasteiger partial charge in [-0.2, -0.15) is 0 Å². The molecule has 0 bridgehead atoms. The third-order valence-electron chi connectivity index (χ3n) is 2.64. The number of thiophene rings is 1. The highest BCUT2D eigenvalue weighted by molar-refractivity contribution is 9.10. The Balaban J connectivity index is 2.26. The first-order valence-electron chi connectivity index (χ1n) is 5.69. The number of nitrogens with two attached hydrogens (primary N) is 1. The van der Waals surface area contributed by atoms with Crippen LogP contribution in [0.4, 0.5) is 0 Å². The second-order valence-electron chi connectivity index (χ2n) is 3.94. The second kappa shape index (κ2) is 6.53. The molecule has 2 aromatic rings. The van der Waals surface area contributed by atoms with Crippen LogP contribution in [0.1, 0.15) is 21.3 Å². The molecule has 0 aliphatic carbocycles. The summed E-state index contributed by atoms with van der Waals surface area (Å²) in [4.78, 5) is 12.7. The minimum Gasteiger partial charge on any atom is -0.409 e. The van der Waals surface area contributed by atoms with E-state index in [-0.39, 0.29) is 11.7 Å². The number of amides is 1. The number of hydrogen-bond donors (Lipinski definition) is 3. The first-order chi connectivity index (χ1) is 9.63. The van der Waals surface area contributed by atoms with E-state index in [0.29, 0.717) is 9.35 Å². The summed E-state index contributed by atoms with van der Waals surface area (Å²) in [6.07, 6.45) is 0. The van der Waals surface area contributed by atoms with E-state index in [2.05, 4.69) is 26.4 Å². The molecule has 5 nitrogen and oxygen atoms in total. The Morgan fingerprint density at radius 1 is 1.35 bits per heavy atom. The van der Waals surface area contributed by atoms with Crippen molar-refractivity contribution in [3.63, 3.8) is 0 Å². The van der Waals surface area contributed by atoms with Gasteiger partial charge in [-0.3, -0.25) is 4.79 Å². The van der Waals surface area contributed by atoms with Crippen LogP contribution in [-0.4, -0.2) is 17.0 Å². The van der Waals surface area contributed by atoms with Crippen LogP contribution >= 0.6 is 27.3 Å². The van der Waals surface area contributed by atoms with Gasteiger partial charge in [0.25, 0.3) is 5.91 Å². The van der Waals surface area contributed by atoms with Crippen LogP contribution in [0.3, 0.4) is 0 Å². The number of carbonyl (C=O) groups excluding carboxylic acids is 1. The number of benzene rings is 1. The number of carbonyl (C=O) groups is 1. The number of hydrogen-bond acceptors (Lipinski definition) is 4. The Hall–Kier alpha value is -1.86. The van der Waals surface area contributed by atoms with E-state index in [1.54, 1.807) is 23.6 Å².